The van der Waals surface area contributed by atoms with E-state index in [9.17, 15) is 24.3 Å². The summed E-state index contributed by atoms with van der Waals surface area (Å²) in [4.78, 5) is 53.6. The fraction of sp³-hybridized carbons (Fsp3) is 0.677. The van der Waals surface area contributed by atoms with E-state index in [0.717, 1.165) is 29.7 Å². The number of ether oxygens (including phenoxy) is 2. The number of benzene rings is 1. The molecule has 0 spiro atoms. The van der Waals surface area contributed by atoms with Gasteiger partial charge < -0.3 is 25.2 Å². The van der Waals surface area contributed by atoms with Crippen LogP contribution in [0.5, 0.6) is 0 Å². The number of Topliss-reactive ketones (excluding diaryl/α,β-unsaturated/α-hetero) is 1. The van der Waals surface area contributed by atoms with Gasteiger partial charge in [-0.3, -0.25) is 19.3 Å². The van der Waals surface area contributed by atoms with E-state index in [1.165, 1.54) is 26.5 Å². The third-order valence-corrected chi connectivity index (χ3v) is 7.60. The van der Waals surface area contributed by atoms with Crippen molar-refractivity contribution in [3.05, 3.63) is 35.4 Å². The highest BCUT2D eigenvalue weighted by atomic mass is 16.6. The predicted molar refractivity (Wildman–Crippen MR) is 156 cm³/mol. The minimum atomic E-state index is -1.25. The molecule has 0 aliphatic heterocycles. The average molecular weight is 576 g/mol. The molecular weight excluding hydrogens is 526 g/mol. The van der Waals surface area contributed by atoms with Gasteiger partial charge in [-0.1, -0.05) is 24.3 Å². The number of fused-ring (bicyclic) bond motifs is 1. The first-order valence-electron chi connectivity index (χ1n) is 14.5. The van der Waals surface area contributed by atoms with E-state index < -0.39 is 47.5 Å². The molecule has 0 heterocycles. The van der Waals surface area contributed by atoms with Gasteiger partial charge >= 0.3 is 6.09 Å². The topological polar surface area (TPSA) is 134 Å². The molecule has 0 radical (unpaired) electrons. The summed E-state index contributed by atoms with van der Waals surface area (Å²) < 4.78 is 10.7. The molecule has 0 bridgehead atoms. The number of methoxy groups -OCH3 is 1. The third kappa shape index (κ3) is 10.4. The Morgan fingerprint density at radius 2 is 1.73 bits per heavy atom. The van der Waals surface area contributed by atoms with Gasteiger partial charge in [0.05, 0.1) is 18.2 Å². The van der Waals surface area contributed by atoms with Crippen molar-refractivity contribution in [2.45, 2.75) is 116 Å². The fourth-order valence-electron chi connectivity index (χ4n) is 4.85. The summed E-state index contributed by atoms with van der Waals surface area (Å²) in [7, 11) is 3.02. The van der Waals surface area contributed by atoms with E-state index in [1.54, 1.807) is 27.9 Å². The zero-order valence-corrected chi connectivity index (χ0v) is 25.9. The number of ketones is 1. The van der Waals surface area contributed by atoms with E-state index in [1.807, 2.05) is 25.1 Å². The Hall–Kier alpha value is -2.98. The first-order valence-corrected chi connectivity index (χ1v) is 14.5. The largest absolute Gasteiger partial charge is 0.444 e. The molecule has 0 saturated heterocycles. The highest BCUT2D eigenvalue weighted by Crippen LogP contribution is 2.30. The van der Waals surface area contributed by atoms with Crippen molar-refractivity contribution in [1.82, 2.24) is 15.5 Å². The van der Waals surface area contributed by atoms with Crippen LogP contribution in [-0.4, -0.2) is 77.7 Å². The van der Waals surface area contributed by atoms with Crippen molar-refractivity contribution in [3.63, 3.8) is 0 Å². The van der Waals surface area contributed by atoms with Gasteiger partial charge in [0.2, 0.25) is 11.8 Å². The second kappa shape index (κ2) is 15.3. The Balaban J connectivity index is 2.15. The van der Waals surface area contributed by atoms with Crippen LogP contribution in [0.3, 0.4) is 0 Å². The van der Waals surface area contributed by atoms with Crippen molar-refractivity contribution in [1.29, 1.82) is 0 Å². The minimum Gasteiger partial charge on any atom is -0.444 e. The molecule has 3 amide bonds. The van der Waals surface area contributed by atoms with Crippen LogP contribution in [0.4, 0.5) is 4.79 Å². The Morgan fingerprint density at radius 1 is 1.07 bits per heavy atom. The Morgan fingerprint density at radius 3 is 2.34 bits per heavy atom. The van der Waals surface area contributed by atoms with Crippen molar-refractivity contribution in [2.75, 3.05) is 14.2 Å². The summed E-state index contributed by atoms with van der Waals surface area (Å²) in [6.45, 7) is 9.98. The normalized spacial score (nSPS) is 18.6. The summed E-state index contributed by atoms with van der Waals surface area (Å²) in [5.74, 6) is -1.99. The van der Waals surface area contributed by atoms with Crippen LogP contribution in [0.2, 0.25) is 0 Å². The number of nitrogens with zero attached hydrogens (tertiary/aromatic N) is 1. The molecule has 2 unspecified atom stereocenters. The fourth-order valence-corrected chi connectivity index (χ4v) is 4.85. The van der Waals surface area contributed by atoms with Crippen molar-refractivity contribution in [3.8, 4) is 0 Å². The lowest BCUT2D eigenvalue weighted by Crippen LogP contribution is -2.55. The maximum absolute atomic E-state index is 13.5. The number of amides is 3. The first-order chi connectivity index (χ1) is 19.1. The summed E-state index contributed by atoms with van der Waals surface area (Å²) >= 11 is 0. The molecule has 41 heavy (non-hydrogen) atoms. The number of aliphatic hydroxyl groups is 1. The van der Waals surface area contributed by atoms with Gasteiger partial charge in [0.25, 0.3) is 0 Å². The minimum absolute atomic E-state index is 0.104. The number of nitrogens with one attached hydrogen (secondary N) is 2. The number of hydrogen-bond donors (Lipinski definition) is 3. The van der Waals surface area contributed by atoms with Gasteiger partial charge in [0, 0.05) is 26.5 Å². The molecule has 0 fully saturated rings. The molecule has 1 aliphatic carbocycles. The zero-order chi connectivity index (χ0) is 30.9. The van der Waals surface area contributed by atoms with Gasteiger partial charge in [-0.05, 0) is 84.8 Å². The van der Waals surface area contributed by atoms with E-state index >= 15 is 0 Å². The molecule has 0 aromatic heterocycles. The summed E-state index contributed by atoms with van der Waals surface area (Å²) in [5.41, 5.74) is 1.57. The summed E-state index contributed by atoms with van der Waals surface area (Å²) in [6.07, 6.45) is 1.53. The number of hydrogen-bond acceptors (Lipinski definition) is 7. The van der Waals surface area contributed by atoms with Gasteiger partial charge in [0.1, 0.15) is 17.7 Å². The Labute approximate surface area is 244 Å². The number of carbonyl (C=O) groups excluding carboxylic acids is 4. The monoisotopic (exact) mass is 575 g/mol. The van der Waals surface area contributed by atoms with Crippen LogP contribution in [0.1, 0.15) is 90.8 Å². The highest BCUT2D eigenvalue weighted by molar-refractivity contribution is 5.94. The molecule has 1 aliphatic rings. The number of aliphatic hydroxyl groups excluding tert-OH is 1. The van der Waals surface area contributed by atoms with Crippen LogP contribution in [0.25, 0.3) is 0 Å². The average Bonchev–Trinajstić information content (AvgIpc) is 2.91. The number of aryl methyl sites for hydroxylation is 1. The second-order valence-electron chi connectivity index (χ2n) is 12.1. The molecule has 2 rings (SSSR count). The van der Waals surface area contributed by atoms with Crippen LogP contribution in [0, 0.1) is 5.92 Å². The lowest BCUT2D eigenvalue weighted by Gasteiger charge is -2.30. The van der Waals surface area contributed by atoms with Crippen LogP contribution < -0.4 is 10.6 Å². The van der Waals surface area contributed by atoms with Gasteiger partial charge in [0.15, 0.2) is 5.78 Å². The van der Waals surface area contributed by atoms with Gasteiger partial charge in [-0.15, -0.1) is 0 Å². The SMILES string of the molecule is COC(C)CCC(CC(=O)[C@@H](NC(=O)[C@H](C)N(C)C(=O)OC(C)(C)C)[C@H](C)O)C(=O)N[C@@H]1CCCc2ccccc21. The molecule has 10 nitrogen and oxygen atoms in total. The lowest BCUT2D eigenvalue weighted by atomic mass is 9.86. The summed E-state index contributed by atoms with van der Waals surface area (Å²) in [6, 6.07) is 5.71. The molecule has 10 heteroatoms. The number of likely N-dealkylation sites (N-methyl/N-ethyl adjacent to an activating group) is 1. The van der Waals surface area contributed by atoms with Gasteiger partial charge in [-0.2, -0.15) is 0 Å². The standard InChI is InChI=1S/C31H49N3O7/c1-19(40-8)16-17-23(29(38)32-25-15-11-13-22-12-9-10-14-24(22)25)18-26(36)27(21(3)35)33-28(37)20(2)34(7)30(39)41-31(4,5)6/h9-10,12,14,19-21,23,25,27,35H,11,13,15-18H2,1-8H3,(H,32,38)(H,33,37)/t19?,20-,21-,23?,25+,27-/m0/s1. The van der Waals surface area contributed by atoms with Crippen LogP contribution in [-0.2, 0) is 30.3 Å². The van der Waals surface area contributed by atoms with Crippen molar-refractivity contribution in [2.24, 2.45) is 5.92 Å². The highest BCUT2D eigenvalue weighted by Gasteiger charge is 2.34. The first kappa shape index (κ1) is 34.2. The smallest absolute Gasteiger partial charge is 0.410 e. The number of rotatable bonds is 13. The molecule has 1 aromatic carbocycles. The quantitative estimate of drug-likeness (QED) is 0.327. The van der Waals surface area contributed by atoms with E-state index in [2.05, 4.69) is 16.7 Å². The second-order valence-corrected chi connectivity index (χ2v) is 12.1. The predicted octanol–water partition coefficient (Wildman–Crippen LogP) is 3.69. The zero-order valence-electron chi connectivity index (χ0n) is 25.9. The van der Waals surface area contributed by atoms with Crippen molar-refractivity contribution >= 4 is 23.7 Å². The summed E-state index contributed by atoms with van der Waals surface area (Å²) in [5, 5.41) is 16.2. The molecule has 3 N–H and O–H groups in total. The molecular formula is C31H49N3O7. The molecule has 1 aromatic rings. The van der Waals surface area contributed by atoms with Crippen LogP contribution >= 0.6 is 0 Å². The maximum Gasteiger partial charge on any atom is 0.410 e. The van der Waals surface area contributed by atoms with E-state index in [0.29, 0.717) is 12.8 Å². The Kier molecular flexibility index (Phi) is 12.8. The molecule has 6 atom stereocenters. The van der Waals surface area contributed by atoms with Gasteiger partial charge in [-0.25, -0.2) is 4.79 Å². The van der Waals surface area contributed by atoms with Crippen molar-refractivity contribution < 1.29 is 33.8 Å². The van der Waals surface area contributed by atoms with E-state index in [4.69, 9.17) is 9.47 Å². The van der Waals surface area contributed by atoms with Crippen LogP contribution in [0.15, 0.2) is 24.3 Å². The lowest BCUT2D eigenvalue weighted by molar-refractivity contribution is -0.135. The maximum atomic E-state index is 13.5. The molecule has 0 saturated carbocycles. The Bertz CT molecular complexity index is 1050. The third-order valence-electron chi connectivity index (χ3n) is 7.60. The molecule has 230 valence electrons. The van der Waals surface area contributed by atoms with E-state index in [-0.39, 0.29) is 24.5 Å². The number of carbonyl (C=O) groups is 4.